The van der Waals surface area contributed by atoms with E-state index >= 15 is 0 Å². The van der Waals surface area contributed by atoms with Gasteiger partial charge < -0.3 is 9.84 Å². The van der Waals surface area contributed by atoms with Crippen molar-refractivity contribution in [1.82, 2.24) is 10.9 Å². The summed E-state index contributed by atoms with van der Waals surface area (Å²) in [7, 11) is 1.44. The molecule has 22 heavy (non-hydrogen) atoms. The normalized spacial score (nSPS) is 17.3. The van der Waals surface area contributed by atoms with E-state index in [2.05, 4.69) is 21.1 Å². The van der Waals surface area contributed by atoms with E-state index < -0.39 is 11.8 Å². The summed E-state index contributed by atoms with van der Waals surface area (Å²) in [6, 6.07) is 4.91. The van der Waals surface area contributed by atoms with Crippen LogP contribution in [0.15, 0.2) is 28.4 Å². The van der Waals surface area contributed by atoms with Gasteiger partial charge in [-0.1, -0.05) is 6.07 Å². The number of benzene rings is 1. The number of rotatable bonds is 5. The van der Waals surface area contributed by atoms with Crippen molar-refractivity contribution < 1.29 is 19.4 Å². The van der Waals surface area contributed by atoms with Crippen LogP contribution < -0.4 is 15.6 Å². The van der Waals surface area contributed by atoms with Gasteiger partial charge in [-0.05, 0) is 19.1 Å². The lowest BCUT2D eigenvalue weighted by Gasteiger charge is -2.06. The van der Waals surface area contributed by atoms with Crippen LogP contribution in [0.4, 0.5) is 0 Å². The molecule has 1 aromatic rings. The maximum Gasteiger partial charge on any atom is 0.249 e. The molecule has 0 unspecified atom stereocenters. The van der Waals surface area contributed by atoms with Crippen LogP contribution in [-0.2, 0) is 9.59 Å². The minimum absolute atomic E-state index is 0.0391. The molecule has 0 radical (unpaired) electrons. The highest BCUT2D eigenvalue weighted by Crippen LogP contribution is 2.27. The van der Waals surface area contributed by atoms with Gasteiger partial charge in [-0.2, -0.15) is 10.2 Å². The summed E-state index contributed by atoms with van der Waals surface area (Å²) < 4.78 is 4.97. The molecule has 0 aromatic heterocycles. The van der Waals surface area contributed by atoms with Gasteiger partial charge in [-0.3, -0.25) is 9.59 Å². The Morgan fingerprint density at radius 1 is 1.59 bits per heavy atom. The Morgan fingerprint density at radius 2 is 2.36 bits per heavy atom. The molecule has 1 aromatic carbocycles. The molecule has 0 saturated carbocycles. The zero-order chi connectivity index (χ0) is 16.1. The van der Waals surface area contributed by atoms with Crippen LogP contribution in [0.5, 0.6) is 11.5 Å². The number of hydrogen-bond donors (Lipinski definition) is 3. The van der Waals surface area contributed by atoms with Crippen molar-refractivity contribution in [1.29, 1.82) is 0 Å². The summed E-state index contributed by atoms with van der Waals surface area (Å²) in [5.74, 6) is -1.05. The van der Waals surface area contributed by atoms with E-state index in [0.29, 0.717) is 17.0 Å². The quantitative estimate of drug-likeness (QED) is 0.538. The lowest BCUT2D eigenvalue weighted by Crippen LogP contribution is -2.29. The van der Waals surface area contributed by atoms with Crippen LogP contribution >= 0.6 is 0 Å². The molecule has 1 aliphatic rings. The van der Waals surface area contributed by atoms with Gasteiger partial charge in [-0.15, -0.1) is 0 Å². The minimum Gasteiger partial charge on any atom is -0.504 e. The molecular formula is C14H16N4O4. The number of carbonyl (C=O) groups excluding carboxylic acids is 2. The highest BCUT2D eigenvalue weighted by molar-refractivity contribution is 6.09. The smallest absolute Gasteiger partial charge is 0.249 e. The molecule has 1 atom stereocenters. The number of nitrogens with zero attached hydrogens (tertiary/aromatic N) is 2. The molecule has 2 rings (SSSR count). The van der Waals surface area contributed by atoms with Crippen molar-refractivity contribution in [2.45, 2.75) is 13.3 Å². The number of hydrogen-bond acceptors (Lipinski definition) is 6. The van der Waals surface area contributed by atoms with Crippen LogP contribution in [-0.4, -0.2) is 36.0 Å². The van der Waals surface area contributed by atoms with E-state index in [1.807, 2.05) is 0 Å². The topological polar surface area (TPSA) is 112 Å². The van der Waals surface area contributed by atoms with Gasteiger partial charge in [0, 0.05) is 17.7 Å². The van der Waals surface area contributed by atoms with Crippen molar-refractivity contribution in [3.8, 4) is 11.5 Å². The number of hydrazone groups is 2. The predicted octanol–water partition coefficient (Wildman–Crippen LogP) is 0.363. The Bertz CT molecular complexity index is 654. The average Bonchev–Trinajstić information content (AvgIpc) is 2.81. The first-order chi connectivity index (χ1) is 10.5. The second kappa shape index (κ2) is 6.70. The summed E-state index contributed by atoms with van der Waals surface area (Å²) in [5.41, 5.74) is 5.58. The standard InChI is InChI=1S/C14H16N4O4/c1-8-10(14(21)18-16-8)6-12(19)17-15-7-9-4-3-5-11(22-2)13(9)20/h3-5,7,10,20H,6H2,1-2H3,(H,17,19)(H,18,21)/b15-7-/t10-/m0/s1. The molecule has 0 aliphatic carbocycles. The first-order valence-electron chi connectivity index (χ1n) is 6.55. The minimum atomic E-state index is -0.569. The van der Waals surface area contributed by atoms with Gasteiger partial charge in [0.25, 0.3) is 0 Å². The second-order valence-electron chi connectivity index (χ2n) is 4.68. The monoisotopic (exact) mass is 304 g/mol. The third-order valence-corrected chi connectivity index (χ3v) is 3.20. The molecule has 0 fully saturated rings. The Labute approximate surface area is 126 Å². The van der Waals surface area contributed by atoms with Gasteiger partial charge in [0.1, 0.15) is 0 Å². The highest BCUT2D eigenvalue weighted by atomic mass is 16.5. The summed E-state index contributed by atoms with van der Waals surface area (Å²) in [6.07, 6.45) is 1.26. The van der Waals surface area contributed by atoms with Gasteiger partial charge in [-0.25, -0.2) is 10.9 Å². The number of phenols is 1. The number of nitrogens with one attached hydrogen (secondary N) is 2. The van der Waals surface area contributed by atoms with Crippen LogP contribution in [0, 0.1) is 5.92 Å². The SMILES string of the molecule is COc1cccc(/C=N\NC(=O)C[C@@H]2C(=O)NN=C2C)c1O. The fraction of sp³-hybridized carbons (Fsp3) is 0.286. The Balaban J connectivity index is 1.94. The lowest BCUT2D eigenvalue weighted by molar-refractivity contribution is -0.127. The van der Waals surface area contributed by atoms with Crippen LogP contribution in [0.1, 0.15) is 18.9 Å². The highest BCUT2D eigenvalue weighted by Gasteiger charge is 2.28. The summed E-state index contributed by atoms with van der Waals surface area (Å²) in [6.45, 7) is 1.67. The lowest BCUT2D eigenvalue weighted by atomic mass is 10.0. The predicted molar refractivity (Wildman–Crippen MR) is 79.8 cm³/mol. The number of phenolic OH excluding ortho intramolecular Hbond substituents is 1. The molecule has 1 aliphatic heterocycles. The molecule has 116 valence electrons. The first kappa shape index (κ1) is 15.5. The molecule has 0 saturated heterocycles. The third kappa shape index (κ3) is 3.40. The van der Waals surface area contributed by atoms with E-state index in [1.54, 1.807) is 25.1 Å². The summed E-state index contributed by atoms with van der Waals surface area (Å²) >= 11 is 0. The van der Waals surface area contributed by atoms with Crippen molar-refractivity contribution in [3.63, 3.8) is 0 Å². The third-order valence-electron chi connectivity index (χ3n) is 3.20. The number of amides is 2. The average molecular weight is 304 g/mol. The van der Waals surface area contributed by atoms with Crippen LogP contribution in [0.3, 0.4) is 0 Å². The summed E-state index contributed by atoms with van der Waals surface area (Å²) in [5, 5.41) is 17.4. The van der Waals surface area contributed by atoms with Crippen molar-refractivity contribution in [2.75, 3.05) is 7.11 Å². The number of aromatic hydroxyl groups is 1. The number of ether oxygens (including phenoxy) is 1. The zero-order valence-corrected chi connectivity index (χ0v) is 12.2. The second-order valence-corrected chi connectivity index (χ2v) is 4.68. The maximum atomic E-state index is 11.7. The van der Waals surface area contributed by atoms with Gasteiger partial charge in [0.2, 0.25) is 11.8 Å². The van der Waals surface area contributed by atoms with E-state index in [4.69, 9.17) is 4.74 Å². The molecule has 1 heterocycles. The zero-order valence-electron chi connectivity index (χ0n) is 12.2. The Kier molecular flexibility index (Phi) is 4.72. The molecule has 8 heteroatoms. The van der Waals surface area contributed by atoms with E-state index in [0.717, 1.165) is 0 Å². The van der Waals surface area contributed by atoms with Crippen LogP contribution in [0.2, 0.25) is 0 Å². The first-order valence-corrected chi connectivity index (χ1v) is 6.55. The van der Waals surface area contributed by atoms with Crippen molar-refractivity contribution in [3.05, 3.63) is 23.8 Å². The fourth-order valence-corrected chi connectivity index (χ4v) is 1.94. The molecular weight excluding hydrogens is 288 g/mol. The van der Waals surface area contributed by atoms with Crippen LogP contribution in [0.25, 0.3) is 0 Å². The number of carbonyl (C=O) groups is 2. The Hall–Kier alpha value is -2.90. The molecule has 8 nitrogen and oxygen atoms in total. The van der Waals surface area contributed by atoms with Crippen molar-refractivity contribution in [2.24, 2.45) is 16.1 Å². The number of methoxy groups -OCH3 is 1. The summed E-state index contributed by atoms with van der Waals surface area (Å²) in [4.78, 5) is 23.2. The Morgan fingerprint density at radius 3 is 3.00 bits per heavy atom. The maximum absolute atomic E-state index is 11.7. The van der Waals surface area contributed by atoms with Gasteiger partial charge >= 0.3 is 0 Å². The largest absolute Gasteiger partial charge is 0.504 e. The molecule has 3 N–H and O–H groups in total. The van der Waals surface area contributed by atoms with E-state index in [-0.39, 0.29) is 18.1 Å². The molecule has 0 spiro atoms. The molecule has 0 bridgehead atoms. The van der Waals surface area contributed by atoms with Gasteiger partial charge in [0.15, 0.2) is 11.5 Å². The van der Waals surface area contributed by atoms with Gasteiger partial charge in [0.05, 0.1) is 19.2 Å². The number of para-hydroxylation sites is 1. The van der Waals surface area contributed by atoms with Crippen molar-refractivity contribution >= 4 is 23.7 Å². The van der Waals surface area contributed by atoms with E-state index in [1.165, 1.54) is 13.3 Å². The van der Waals surface area contributed by atoms with E-state index in [9.17, 15) is 14.7 Å². The fourth-order valence-electron chi connectivity index (χ4n) is 1.94. The molecule has 2 amide bonds.